The van der Waals surface area contributed by atoms with E-state index in [-0.39, 0.29) is 34.6 Å². The molecule has 1 heterocycles. The summed E-state index contributed by atoms with van der Waals surface area (Å²) in [6, 6.07) is 12.4. The first kappa shape index (κ1) is 19.8. The third-order valence-electron chi connectivity index (χ3n) is 3.26. The molecule has 0 saturated heterocycles. The van der Waals surface area contributed by atoms with E-state index in [1.807, 2.05) is 18.2 Å². The van der Waals surface area contributed by atoms with Gasteiger partial charge in [-0.05, 0) is 12.1 Å². The van der Waals surface area contributed by atoms with E-state index < -0.39 is 0 Å². The number of halogens is 1. The maximum atomic E-state index is 11.0. The van der Waals surface area contributed by atoms with Crippen LogP contribution in [-0.2, 0) is 13.0 Å². The zero-order valence-corrected chi connectivity index (χ0v) is 15.6. The van der Waals surface area contributed by atoms with Crippen molar-refractivity contribution in [2.75, 3.05) is 13.6 Å². The largest absolute Gasteiger partial charge is 0.356 e. The van der Waals surface area contributed by atoms with Crippen molar-refractivity contribution in [1.82, 2.24) is 15.6 Å². The summed E-state index contributed by atoms with van der Waals surface area (Å²) in [5.41, 5.74) is 1.71. The molecule has 0 aliphatic rings. The summed E-state index contributed by atoms with van der Waals surface area (Å²) in [4.78, 5) is 19.0. The van der Waals surface area contributed by atoms with Gasteiger partial charge in [-0.2, -0.15) is 0 Å². The molecule has 1 aromatic carbocycles. The van der Waals surface area contributed by atoms with Crippen LogP contribution >= 0.6 is 24.0 Å². The summed E-state index contributed by atoms with van der Waals surface area (Å²) in [5, 5.41) is 17.2. The minimum Gasteiger partial charge on any atom is -0.356 e. The van der Waals surface area contributed by atoms with Gasteiger partial charge in [-0.15, -0.1) is 24.0 Å². The highest BCUT2D eigenvalue weighted by Gasteiger charge is 2.12. The number of hydrogen-bond acceptors (Lipinski definition) is 4. The predicted molar refractivity (Wildman–Crippen MR) is 105 cm³/mol. The summed E-state index contributed by atoms with van der Waals surface area (Å²) in [7, 11) is 1.66. The molecule has 0 saturated carbocycles. The second kappa shape index (κ2) is 10.5. The van der Waals surface area contributed by atoms with Crippen molar-refractivity contribution in [3.63, 3.8) is 0 Å². The second-order valence-corrected chi connectivity index (χ2v) is 4.81. The van der Waals surface area contributed by atoms with Crippen molar-refractivity contribution in [1.29, 1.82) is 0 Å². The molecule has 128 valence electrons. The first-order chi connectivity index (χ1) is 11.2. The molecule has 0 bridgehead atoms. The average molecular weight is 441 g/mol. The first-order valence-corrected chi connectivity index (χ1v) is 7.27. The second-order valence-electron chi connectivity index (χ2n) is 4.81. The van der Waals surface area contributed by atoms with Crippen molar-refractivity contribution in [3.8, 4) is 0 Å². The number of nitrogens with zero attached hydrogens (tertiary/aromatic N) is 3. The molecule has 0 atom stereocenters. The number of aromatic nitrogens is 1. The molecule has 2 N–H and O–H groups in total. The zero-order chi connectivity index (χ0) is 16.5. The van der Waals surface area contributed by atoms with Crippen LogP contribution in [0.15, 0.2) is 53.7 Å². The highest BCUT2D eigenvalue weighted by atomic mass is 127. The molecule has 24 heavy (non-hydrogen) atoms. The molecule has 2 rings (SSSR count). The molecular formula is C16H20IN5O2. The number of rotatable bonds is 6. The van der Waals surface area contributed by atoms with Crippen LogP contribution in [0.3, 0.4) is 0 Å². The molecule has 8 heteroatoms. The predicted octanol–water partition coefficient (Wildman–Crippen LogP) is 2.52. The highest BCUT2D eigenvalue weighted by molar-refractivity contribution is 14.0. The van der Waals surface area contributed by atoms with E-state index in [2.05, 4.69) is 20.6 Å². The number of guanidine groups is 1. The van der Waals surface area contributed by atoms with Crippen molar-refractivity contribution < 1.29 is 4.92 Å². The van der Waals surface area contributed by atoms with Gasteiger partial charge in [0.1, 0.15) is 0 Å². The molecular weight excluding hydrogens is 421 g/mol. The Morgan fingerprint density at radius 2 is 1.96 bits per heavy atom. The SMILES string of the molecule is CN=C(NCCc1ccccn1)NCc1ccccc1[N+](=O)[O-].I. The number of aliphatic imine (C=N–C) groups is 1. The third-order valence-corrected chi connectivity index (χ3v) is 3.26. The normalized spacial score (nSPS) is 10.6. The van der Waals surface area contributed by atoms with E-state index in [0.29, 0.717) is 24.6 Å². The lowest BCUT2D eigenvalue weighted by atomic mass is 10.2. The Morgan fingerprint density at radius 3 is 2.62 bits per heavy atom. The van der Waals surface area contributed by atoms with Crippen LogP contribution in [0.4, 0.5) is 5.69 Å². The topological polar surface area (TPSA) is 92.5 Å². The number of nitro groups is 1. The molecule has 0 spiro atoms. The van der Waals surface area contributed by atoms with Gasteiger partial charge in [0, 0.05) is 50.1 Å². The van der Waals surface area contributed by atoms with E-state index in [4.69, 9.17) is 0 Å². The fraction of sp³-hybridized carbons (Fsp3) is 0.250. The highest BCUT2D eigenvalue weighted by Crippen LogP contribution is 2.16. The Hall–Kier alpha value is -2.23. The summed E-state index contributed by atoms with van der Waals surface area (Å²) in [6.45, 7) is 1.01. The third kappa shape index (κ3) is 6.11. The molecule has 7 nitrogen and oxygen atoms in total. The Kier molecular flexibility index (Phi) is 8.69. The monoisotopic (exact) mass is 441 g/mol. The molecule has 0 amide bonds. The molecule has 0 unspecified atom stereocenters. The van der Waals surface area contributed by atoms with Crippen LogP contribution in [0.5, 0.6) is 0 Å². The number of benzene rings is 1. The van der Waals surface area contributed by atoms with Crippen molar-refractivity contribution in [2.24, 2.45) is 4.99 Å². The molecule has 0 radical (unpaired) electrons. The first-order valence-electron chi connectivity index (χ1n) is 7.27. The van der Waals surface area contributed by atoms with Crippen molar-refractivity contribution >= 4 is 35.6 Å². The zero-order valence-electron chi connectivity index (χ0n) is 13.3. The van der Waals surface area contributed by atoms with Crippen LogP contribution in [0, 0.1) is 10.1 Å². The van der Waals surface area contributed by atoms with Crippen LogP contribution in [0.25, 0.3) is 0 Å². The summed E-state index contributed by atoms with van der Waals surface area (Å²) < 4.78 is 0. The lowest BCUT2D eigenvalue weighted by molar-refractivity contribution is -0.385. The fourth-order valence-electron chi connectivity index (χ4n) is 2.09. The van der Waals surface area contributed by atoms with Gasteiger partial charge in [0.25, 0.3) is 5.69 Å². The van der Waals surface area contributed by atoms with Gasteiger partial charge >= 0.3 is 0 Å². The lowest BCUT2D eigenvalue weighted by Crippen LogP contribution is -2.38. The van der Waals surface area contributed by atoms with Crippen LogP contribution in [0.2, 0.25) is 0 Å². The Balaban J connectivity index is 0.00000288. The van der Waals surface area contributed by atoms with E-state index in [0.717, 1.165) is 12.1 Å². The molecule has 0 aliphatic heterocycles. The minimum absolute atomic E-state index is 0. The number of nitro benzene ring substituents is 1. The quantitative estimate of drug-likeness (QED) is 0.236. The van der Waals surface area contributed by atoms with E-state index >= 15 is 0 Å². The fourth-order valence-corrected chi connectivity index (χ4v) is 2.09. The van der Waals surface area contributed by atoms with Gasteiger partial charge < -0.3 is 10.6 Å². The molecule has 1 aromatic heterocycles. The van der Waals surface area contributed by atoms with Crippen LogP contribution < -0.4 is 10.6 Å². The molecule has 2 aromatic rings. The van der Waals surface area contributed by atoms with Crippen LogP contribution in [-0.4, -0.2) is 29.5 Å². The van der Waals surface area contributed by atoms with Gasteiger partial charge in [0.2, 0.25) is 0 Å². The maximum absolute atomic E-state index is 11.0. The van der Waals surface area contributed by atoms with Crippen LogP contribution in [0.1, 0.15) is 11.3 Å². The van der Waals surface area contributed by atoms with E-state index in [1.54, 1.807) is 31.4 Å². The Morgan fingerprint density at radius 1 is 1.21 bits per heavy atom. The average Bonchev–Trinajstić information content (AvgIpc) is 2.59. The number of hydrogen-bond donors (Lipinski definition) is 2. The van der Waals surface area contributed by atoms with Crippen molar-refractivity contribution in [2.45, 2.75) is 13.0 Å². The molecule has 0 aliphatic carbocycles. The van der Waals surface area contributed by atoms with E-state index in [9.17, 15) is 10.1 Å². The Labute approximate surface area is 157 Å². The lowest BCUT2D eigenvalue weighted by Gasteiger charge is -2.11. The minimum atomic E-state index is -0.381. The van der Waals surface area contributed by atoms with Gasteiger partial charge in [-0.1, -0.05) is 24.3 Å². The Bertz CT molecular complexity index is 679. The summed E-state index contributed by atoms with van der Waals surface area (Å²) in [5.74, 6) is 0.596. The maximum Gasteiger partial charge on any atom is 0.274 e. The van der Waals surface area contributed by atoms with Gasteiger partial charge in [0.05, 0.1) is 4.92 Å². The standard InChI is InChI=1S/C16H19N5O2.HI/c1-17-16(19-11-9-14-7-4-5-10-18-14)20-12-13-6-2-3-8-15(13)21(22)23;/h2-8,10H,9,11-12H2,1H3,(H2,17,19,20);1H. The van der Waals surface area contributed by atoms with Gasteiger partial charge in [-0.25, -0.2) is 0 Å². The van der Waals surface area contributed by atoms with Gasteiger partial charge in [-0.3, -0.25) is 20.1 Å². The number of nitrogens with one attached hydrogen (secondary N) is 2. The number of pyridine rings is 1. The van der Waals surface area contributed by atoms with Crippen molar-refractivity contribution in [3.05, 3.63) is 70.0 Å². The van der Waals surface area contributed by atoms with Gasteiger partial charge in [0.15, 0.2) is 5.96 Å². The summed E-state index contributed by atoms with van der Waals surface area (Å²) in [6.07, 6.45) is 2.53. The smallest absolute Gasteiger partial charge is 0.274 e. The summed E-state index contributed by atoms with van der Waals surface area (Å²) >= 11 is 0. The molecule has 0 fully saturated rings. The number of para-hydroxylation sites is 1. The van der Waals surface area contributed by atoms with E-state index in [1.165, 1.54) is 6.07 Å².